The van der Waals surface area contributed by atoms with Crippen molar-refractivity contribution in [2.75, 3.05) is 37.0 Å². The van der Waals surface area contributed by atoms with E-state index in [1.807, 2.05) is 7.05 Å². The number of nitrogens with one attached hydrogen (secondary N) is 1. The van der Waals surface area contributed by atoms with Crippen molar-refractivity contribution in [1.82, 2.24) is 9.97 Å². The minimum Gasteiger partial charge on any atom is -0.396 e. The Hall–Kier alpha value is -1.36. The van der Waals surface area contributed by atoms with E-state index in [1.54, 1.807) is 0 Å². The number of anilines is 2. The van der Waals surface area contributed by atoms with Crippen LogP contribution in [0.15, 0.2) is 0 Å². The molecule has 2 N–H and O–H groups in total. The molecule has 1 fully saturated rings. The van der Waals surface area contributed by atoms with Gasteiger partial charge in [-0.1, -0.05) is 20.8 Å². The quantitative estimate of drug-likeness (QED) is 0.885. The Morgan fingerprint density at radius 3 is 2.55 bits per heavy atom. The summed E-state index contributed by atoms with van der Waals surface area (Å²) in [4.78, 5) is 11.7. The zero-order chi connectivity index (χ0) is 14.9. The van der Waals surface area contributed by atoms with Crippen LogP contribution in [0.5, 0.6) is 0 Å². The van der Waals surface area contributed by atoms with Crippen molar-refractivity contribution in [3.05, 3.63) is 11.4 Å². The van der Waals surface area contributed by atoms with Crippen LogP contribution in [0.3, 0.4) is 0 Å². The average Bonchev–Trinajstić information content (AvgIpc) is 2.86. The highest BCUT2D eigenvalue weighted by molar-refractivity contribution is 5.59. The van der Waals surface area contributed by atoms with Crippen LogP contribution in [0.2, 0.25) is 0 Å². The summed E-state index contributed by atoms with van der Waals surface area (Å²) < 4.78 is 0. The molecule has 0 spiro atoms. The molecule has 5 heteroatoms. The van der Waals surface area contributed by atoms with E-state index in [-0.39, 0.29) is 12.0 Å². The van der Waals surface area contributed by atoms with Gasteiger partial charge in [0.25, 0.3) is 0 Å². The third kappa shape index (κ3) is 2.87. The number of hydrogen-bond acceptors (Lipinski definition) is 5. The molecule has 1 aliphatic rings. The molecule has 0 aliphatic carbocycles. The summed E-state index contributed by atoms with van der Waals surface area (Å²) in [6.45, 7) is 10.5. The Morgan fingerprint density at radius 1 is 1.35 bits per heavy atom. The van der Waals surface area contributed by atoms with E-state index in [9.17, 15) is 5.11 Å². The van der Waals surface area contributed by atoms with Crippen molar-refractivity contribution in [1.29, 1.82) is 0 Å². The molecule has 5 nitrogen and oxygen atoms in total. The fourth-order valence-corrected chi connectivity index (χ4v) is 2.57. The van der Waals surface area contributed by atoms with E-state index in [0.29, 0.717) is 5.92 Å². The third-order valence-electron chi connectivity index (χ3n) is 3.87. The minimum absolute atomic E-state index is 0.0792. The van der Waals surface area contributed by atoms with Gasteiger partial charge in [0, 0.05) is 43.6 Å². The second-order valence-electron chi connectivity index (χ2n) is 6.63. The topological polar surface area (TPSA) is 61.3 Å². The average molecular weight is 278 g/mol. The smallest absolute Gasteiger partial charge is 0.138 e. The van der Waals surface area contributed by atoms with Gasteiger partial charge in [-0.3, -0.25) is 0 Å². The SMILES string of the molecule is CNc1nc(C(C)(C)C)nc(N2CCC(CO)C2)c1C. The van der Waals surface area contributed by atoms with Gasteiger partial charge in [-0.05, 0) is 13.3 Å². The largest absolute Gasteiger partial charge is 0.396 e. The minimum atomic E-state index is -0.0792. The Bertz CT molecular complexity index is 481. The lowest BCUT2D eigenvalue weighted by Crippen LogP contribution is -2.26. The van der Waals surface area contributed by atoms with Crippen LogP contribution in [0.1, 0.15) is 38.6 Å². The Morgan fingerprint density at radius 2 is 2.05 bits per heavy atom. The fraction of sp³-hybridized carbons (Fsp3) is 0.733. The maximum absolute atomic E-state index is 9.31. The lowest BCUT2D eigenvalue weighted by atomic mass is 9.95. The van der Waals surface area contributed by atoms with Gasteiger partial charge in [0.05, 0.1) is 0 Å². The van der Waals surface area contributed by atoms with Crippen LogP contribution in [0, 0.1) is 12.8 Å². The highest BCUT2D eigenvalue weighted by Crippen LogP contribution is 2.31. The molecule has 1 saturated heterocycles. The van der Waals surface area contributed by atoms with Crippen LogP contribution in [0.25, 0.3) is 0 Å². The molecule has 0 amide bonds. The van der Waals surface area contributed by atoms with Gasteiger partial charge in [-0.25, -0.2) is 9.97 Å². The van der Waals surface area contributed by atoms with Crippen molar-refractivity contribution < 1.29 is 5.11 Å². The summed E-state index contributed by atoms with van der Waals surface area (Å²) >= 11 is 0. The zero-order valence-electron chi connectivity index (χ0n) is 13.2. The monoisotopic (exact) mass is 278 g/mol. The molecular formula is C15H26N4O. The predicted molar refractivity (Wildman–Crippen MR) is 82.4 cm³/mol. The maximum atomic E-state index is 9.31. The first-order valence-electron chi connectivity index (χ1n) is 7.29. The van der Waals surface area contributed by atoms with Crippen molar-refractivity contribution in [2.24, 2.45) is 5.92 Å². The highest BCUT2D eigenvalue weighted by Gasteiger charge is 2.27. The normalized spacial score (nSPS) is 19.5. The lowest BCUT2D eigenvalue weighted by Gasteiger charge is -2.25. The molecule has 1 unspecified atom stereocenters. The molecular weight excluding hydrogens is 252 g/mol. The van der Waals surface area contributed by atoms with E-state index in [4.69, 9.17) is 4.98 Å². The van der Waals surface area contributed by atoms with E-state index >= 15 is 0 Å². The summed E-state index contributed by atoms with van der Waals surface area (Å²) in [6, 6.07) is 0. The molecule has 0 bridgehead atoms. The van der Waals surface area contributed by atoms with Gasteiger partial charge in [0.2, 0.25) is 0 Å². The third-order valence-corrected chi connectivity index (χ3v) is 3.87. The summed E-state index contributed by atoms with van der Waals surface area (Å²) in [7, 11) is 1.89. The summed E-state index contributed by atoms with van der Waals surface area (Å²) in [6.07, 6.45) is 1.03. The van der Waals surface area contributed by atoms with Crippen molar-refractivity contribution in [3.63, 3.8) is 0 Å². The first-order valence-corrected chi connectivity index (χ1v) is 7.29. The molecule has 0 radical (unpaired) electrons. The number of aliphatic hydroxyl groups excluding tert-OH is 1. The van der Waals surface area contributed by atoms with Crippen LogP contribution >= 0.6 is 0 Å². The molecule has 20 heavy (non-hydrogen) atoms. The zero-order valence-corrected chi connectivity index (χ0v) is 13.2. The van der Waals surface area contributed by atoms with E-state index in [2.05, 4.69) is 42.9 Å². The lowest BCUT2D eigenvalue weighted by molar-refractivity contribution is 0.238. The molecule has 2 heterocycles. The van der Waals surface area contributed by atoms with Crippen LogP contribution in [-0.2, 0) is 5.41 Å². The van der Waals surface area contributed by atoms with Crippen molar-refractivity contribution in [3.8, 4) is 0 Å². The number of rotatable bonds is 3. The molecule has 112 valence electrons. The Kier molecular flexibility index (Phi) is 4.18. The Balaban J connectivity index is 2.41. The molecule has 2 rings (SSSR count). The number of hydrogen-bond donors (Lipinski definition) is 2. The molecule has 1 aromatic heterocycles. The van der Waals surface area contributed by atoms with Gasteiger partial charge in [0.1, 0.15) is 17.5 Å². The second-order valence-corrected chi connectivity index (χ2v) is 6.63. The molecule has 0 aromatic carbocycles. The molecule has 1 aliphatic heterocycles. The van der Waals surface area contributed by atoms with E-state index in [0.717, 1.165) is 42.5 Å². The van der Waals surface area contributed by atoms with E-state index < -0.39 is 0 Å². The van der Waals surface area contributed by atoms with Gasteiger partial charge < -0.3 is 15.3 Å². The Labute approximate surface area is 121 Å². The fourth-order valence-electron chi connectivity index (χ4n) is 2.57. The summed E-state index contributed by atoms with van der Waals surface area (Å²) in [5, 5.41) is 12.5. The van der Waals surface area contributed by atoms with Crippen molar-refractivity contribution >= 4 is 11.6 Å². The van der Waals surface area contributed by atoms with Crippen LogP contribution in [-0.4, -0.2) is 41.8 Å². The van der Waals surface area contributed by atoms with Gasteiger partial charge in [0.15, 0.2) is 0 Å². The van der Waals surface area contributed by atoms with Crippen LogP contribution in [0.4, 0.5) is 11.6 Å². The standard InChI is InChI=1S/C15H26N4O/c1-10-12(16-5)17-14(15(2,3)4)18-13(10)19-7-6-11(8-19)9-20/h11,20H,6-9H2,1-5H3,(H,16,17,18). The molecule has 1 aromatic rings. The maximum Gasteiger partial charge on any atom is 0.138 e. The van der Waals surface area contributed by atoms with Crippen LogP contribution < -0.4 is 10.2 Å². The highest BCUT2D eigenvalue weighted by atomic mass is 16.3. The van der Waals surface area contributed by atoms with Crippen molar-refractivity contribution in [2.45, 2.75) is 39.5 Å². The van der Waals surface area contributed by atoms with Gasteiger partial charge in [-0.15, -0.1) is 0 Å². The first kappa shape index (κ1) is 15.0. The number of aromatic nitrogens is 2. The molecule has 1 atom stereocenters. The number of aliphatic hydroxyl groups is 1. The van der Waals surface area contributed by atoms with Gasteiger partial charge >= 0.3 is 0 Å². The molecule has 0 saturated carbocycles. The summed E-state index contributed by atoms with van der Waals surface area (Å²) in [5.74, 6) is 3.12. The second kappa shape index (κ2) is 5.56. The van der Waals surface area contributed by atoms with E-state index in [1.165, 1.54) is 0 Å². The van der Waals surface area contributed by atoms with Gasteiger partial charge in [-0.2, -0.15) is 0 Å². The first-order chi connectivity index (χ1) is 9.36. The predicted octanol–water partition coefficient (Wildman–Crippen LogP) is 1.94. The number of nitrogens with zero attached hydrogens (tertiary/aromatic N) is 3. The summed E-state index contributed by atoms with van der Waals surface area (Å²) in [5.41, 5.74) is 1.00.